The number of aromatic nitrogens is 2. The molecule has 1 aromatic heterocycles. The van der Waals surface area contributed by atoms with Crippen LogP contribution < -0.4 is 0 Å². The van der Waals surface area contributed by atoms with Gasteiger partial charge in [-0.15, -0.1) is 0 Å². The van der Waals surface area contributed by atoms with Crippen molar-refractivity contribution in [3.05, 3.63) is 46.5 Å². The summed E-state index contributed by atoms with van der Waals surface area (Å²) in [6, 6.07) is 6.13. The molecule has 1 heterocycles. The first-order chi connectivity index (χ1) is 9.81. The van der Waals surface area contributed by atoms with Crippen molar-refractivity contribution < 1.29 is 9.18 Å². The lowest BCUT2D eigenvalue weighted by molar-refractivity contribution is 0.0821. The zero-order valence-corrected chi connectivity index (χ0v) is 13.1. The Hall–Kier alpha value is -1.88. The van der Waals surface area contributed by atoms with Crippen molar-refractivity contribution in [1.29, 1.82) is 0 Å². The van der Waals surface area contributed by atoms with Crippen LogP contribution in [0, 0.1) is 5.82 Å². The summed E-state index contributed by atoms with van der Waals surface area (Å²) in [7, 11) is 3.34. The van der Waals surface area contributed by atoms with Crippen LogP contribution in [0.15, 0.2) is 24.3 Å². The van der Waals surface area contributed by atoms with Crippen molar-refractivity contribution in [2.75, 3.05) is 14.1 Å². The van der Waals surface area contributed by atoms with E-state index in [1.165, 1.54) is 17.0 Å². The molecule has 0 aliphatic carbocycles. The fourth-order valence-corrected chi connectivity index (χ4v) is 2.14. The van der Waals surface area contributed by atoms with Crippen molar-refractivity contribution in [2.24, 2.45) is 0 Å². The zero-order valence-electron chi connectivity index (χ0n) is 12.4. The second-order valence-electron chi connectivity index (χ2n) is 5.32. The van der Waals surface area contributed by atoms with Crippen LogP contribution in [-0.2, 0) is 0 Å². The lowest BCUT2D eigenvalue weighted by Gasteiger charge is -2.10. The number of rotatable bonds is 3. The van der Waals surface area contributed by atoms with E-state index in [-0.39, 0.29) is 16.8 Å². The third-order valence-electron chi connectivity index (χ3n) is 3.10. The molecule has 0 bridgehead atoms. The fraction of sp³-hybridized carbons (Fsp3) is 0.333. The quantitative estimate of drug-likeness (QED) is 0.870. The number of amides is 1. The maximum atomic E-state index is 13.3. The summed E-state index contributed by atoms with van der Waals surface area (Å²) >= 11 is 5.82. The highest BCUT2D eigenvalue weighted by Gasteiger charge is 2.19. The van der Waals surface area contributed by atoms with Crippen LogP contribution in [-0.4, -0.2) is 34.7 Å². The molecule has 4 nitrogen and oxygen atoms in total. The number of carbonyl (C=O) groups excluding carboxylic acids is 1. The maximum Gasteiger partial charge on any atom is 0.273 e. The van der Waals surface area contributed by atoms with Crippen molar-refractivity contribution in [3.8, 4) is 5.69 Å². The molecule has 0 atom stereocenters. The number of nitrogens with zero attached hydrogens (tertiary/aromatic N) is 3. The SMILES string of the molecule is CC(C)c1cc(C(=O)N(C)C)nn1-c1ccc(F)c(Cl)c1. The van der Waals surface area contributed by atoms with E-state index in [1.54, 1.807) is 30.9 Å². The van der Waals surface area contributed by atoms with E-state index in [1.807, 2.05) is 13.8 Å². The molecule has 1 aromatic carbocycles. The highest BCUT2D eigenvalue weighted by Crippen LogP contribution is 2.24. The highest BCUT2D eigenvalue weighted by molar-refractivity contribution is 6.30. The predicted molar refractivity (Wildman–Crippen MR) is 80.6 cm³/mol. The molecule has 0 radical (unpaired) electrons. The molecule has 0 unspecified atom stereocenters. The normalized spacial score (nSPS) is 11.0. The van der Waals surface area contributed by atoms with Crippen LogP contribution in [0.3, 0.4) is 0 Å². The largest absolute Gasteiger partial charge is 0.343 e. The molecule has 0 spiro atoms. The summed E-state index contributed by atoms with van der Waals surface area (Å²) in [6.45, 7) is 4.01. The topological polar surface area (TPSA) is 38.1 Å². The minimum absolute atomic E-state index is 0.0261. The van der Waals surface area contributed by atoms with Gasteiger partial charge in [0.2, 0.25) is 0 Å². The average molecular weight is 310 g/mol. The van der Waals surface area contributed by atoms with E-state index in [0.29, 0.717) is 11.4 Å². The van der Waals surface area contributed by atoms with Crippen LogP contribution in [0.2, 0.25) is 5.02 Å². The van der Waals surface area contributed by atoms with Crippen LogP contribution in [0.5, 0.6) is 0 Å². The lowest BCUT2D eigenvalue weighted by Crippen LogP contribution is -2.22. The minimum Gasteiger partial charge on any atom is -0.343 e. The monoisotopic (exact) mass is 309 g/mol. The molecular weight excluding hydrogens is 293 g/mol. The Morgan fingerprint density at radius 2 is 2.00 bits per heavy atom. The van der Waals surface area contributed by atoms with Gasteiger partial charge in [-0.25, -0.2) is 9.07 Å². The fourth-order valence-electron chi connectivity index (χ4n) is 1.96. The molecule has 112 valence electrons. The van der Waals surface area contributed by atoms with E-state index in [2.05, 4.69) is 5.10 Å². The Bertz CT molecular complexity index is 680. The van der Waals surface area contributed by atoms with Crippen molar-refractivity contribution in [1.82, 2.24) is 14.7 Å². The van der Waals surface area contributed by atoms with Crippen LogP contribution in [0.25, 0.3) is 5.69 Å². The minimum atomic E-state index is -0.483. The molecule has 0 N–H and O–H groups in total. The highest BCUT2D eigenvalue weighted by atomic mass is 35.5. The van der Waals surface area contributed by atoms with Gasteiger partial charge < -0.3 is 4.90 Å². The van der Waals surface area contributed by atoms with E-state index >= 15 is 0 Å². The van der Waals surface area contributed by atoms with E-state index in [4.69, 9.17) is 11.6 Å². The smallest absolute Gasteiger partial charge is 0.273 e. The first kappa shape index (κ1) is 15.5. The van der Waals surface area contributed by atoms with Gasteiger partial charge in [-0.05, 0) is 30.2 Å². The molecule has 21 heavy (non-hydrogen) atoms. The van der Waals surface area contributed by atoms with Gasteiger partial charge in [-0.3, -0.25) is 4.79 Å². The Morgan fingerprint density at radius 3 is 2.52 bits per heavy atom. The summed E-state index contributed by atoms with van der Waals surface area (Å²) < 4.78 is 14.9. The molecule has 2 aromatic rings. The Labute approximate surface area is 128 Å². The second kappa shape index (κ2) is 5.85. The standard InChI is InChI=1S/C15H17ClFN3O/c1-9(2)14-8-13(15(21)19(3)4)18-20(14)10-5-6-12(17)11(16)7-10/h5-9H,1-4H3. The summed E-state index contributed by atoms with van der Waals surface area (Å²) in [5.41, 5.74) is 1.84. The predicted octanol–water partition coefficient (Wildman–Crippen LogP) is 3.49. The molecular formula is C15H17ClFN3O. The van der Waals surface area contributed by atoms with Gasteiger partial charge >= 0.3 is 0 Å². The Kier molecular flexibility index (Phi) is 4.32. The molecule has 0 saturated heterocycles. The van der Waals surface area contributed by atoms with Gasteiger partial charge in [0.1, 0.15) is 5.82 Å². The van der Waals surface area contributed by atoms with Crippen molar-refractivity contribution in [3.63, 3.8) is 0 Å². The molecule has 0 aliphatic rings. The van der Waals surface area contributed by atoms with E-state index in [9.17, 15) is 9.18 Å². The van der Waals surface area contributed by atoms with Gasteiger partial charge in [0.05, 0.1) is 10.7 Å². The Balaban J connectivity index is 2.56. The van der Waals surface area contributed by atoms with Gasteiger partial charge in [0.25, 0.3) is 5.91 Å². The lowest BCUT2D eigenvalue weighted by atomic mass is 10.1. The third-order valence-corrected chi connectivity index (χ3v) is 3.39. The third kappa shape index (κ3) is 3.08. The summed E-state index contributed by atoms with van der Waals surface area (Å²) in [5, 5.41) is 4.36. The van der Waals surface area contributed by atoms with Gasteiger partial charge in [0.15, 0.2) is 5.69 Å². The second-order valence-corrected chi connectivity index (χ2v) is 5.73. The van der Waals surface area contributed by atoms with Crippen LogP contribution in [0.1, 0.15) is 35.9 Å². The molecule has 0 saturated carbocycles. The van der Waals surface area contributed by atoms with Crippen molar-refractivity contribution >= 4 is 17.5 Å². The Morgan fingerprint density at radius 1 is 1.33 bits per heavy atom. The average Bonchev–Trinajstić information content (AvgIpc) is 2.86. The molecule has 2 rings (SSSR count). The number of hydrogen-bond donors (Lipinski definition) is 0. The molecule has 0 aliphatic heterocycles. The number of halogens is 2. The number of hydrogen-bond acceptors (Lipinski definition) is 2. The van der Waals surface area contributed by atoms with Gasteiger partial charge in [-0.1, -0.05) is 25.4 Å². The first-order valence-corrected chi connectivity index (χ1v) is 6.96. The molecule has 1 amide bonds. The summed E-state index contributed by atoms with van der Waals surface area (Å²) in [5.74, 6) is -0.503. The number of carbonyl (C=O) groups is 1. The molecule has 6 heteroatoms. The summed E-state index contributed by atoms with van der Waals surface area (Å²) in [4.78, 5) is 13.5. The van der Waals surface area contributed by atoms with Crippen LogP contribution >= 0.6 is 11.6 Å². The number of benzene rings is 1. The van der Waals surface area contributed by atoms with E-state index in [0.717, 1.165) is 5.69 Å². The van der Waals surface area contributed by atoms with E-state index < -0.39 is 5.82 Å². The first-order valence-electron chi connectivity index (χ1n) is 6.58. The van der Waals surface area contributed by atoms with Crippen LogP contribution in [0.4, 0.5) is 4.39 Å². The van der Waals surface area contributed by atoms with Gasteiger partial charge in [-0.2, -0.15) is 5.10 Å². The zero-order chi connectivity index (χ0) is 15.7. The summed E-state index contributed by atoms with van der Waals surface area (Å²) in [6.07, 6.45) is 0. The van der Waals surface area contributed by atoms with Crippen molar-refractivity contribution in [2.45, 2.75) is 19.8 Å². The van der Waals surface area contributed by atoms with Gasteiger partial charge in [0, 0.05) is 19.8 Å². The maximum absolute atomic E-state index is 13.3. The molecule has 0 fully saturated rings.